The Morgan fingerprint density at radius 2 is 1.75 bits per heavy atom. The van der Waals surface area contributed by atoms with Crippen LogP contribution in [0.5, 0.6) is 5.75 Å². The van der Waals surface area contributed by atoms with Gasteiger partial charge >= 0.3 is 0 Å². The molecule has 2 heteroatoms. The maximum absolute atomic E-state index is 5.22. The monoisotopic (exact) mass is 323 g/mol. The summed E-state index contributed by atoms with van der Waals surface area (Å²) >= 11 is 0. The van der Waals surface area contributed by atoms with Gasteiger partial charge in [-0.3, -0.25) is 4.98 Å². The molecule has 0 saturated heterocycles. The lowest BCUT2D eigenvalue weighted by Crippen LogP contribution is -2.13. The smallest absolute Gasteiger partial charge is 0.118 e. The SMILES string of the molecule is CCCCC1CCC(c2ccc(-c3ccc(OC)cc3)nc2)CC1. The van der Waals surface area contributed by atoms with Crippen LogP contribution in [0.25, 0.3) is 11.3 Å². The van der Waals surface area contributed by atoms with E-state index in [4.69, 9.17) is 9.72 Å². The van der Waals surface area contributed by atoms with E-state index in [1.54, 1.807) is 7.11 Å². The Morgan fingerprint density at radius 1 is 1.00 bits per heavy atom. The van der Waals surface area contributed by atoms with Gasteiger partial charge in [0.25, 0.3) is 0 Å². The van der Waals surface area contributed by atoms with E-state index in [-0.39, 0.29) is 0 Å². The molecule has 2 aromatic rings. The fraction of sp³-hybridized carbons (Fsp3) is 0.500. The number of rotatable bonds is 6. The summed E-state index contributed by atoms with van der Waals surface area (Å²) in [5.74, 6) is 2.56. The molecule has 1 saturated carbocycles. The van der Waals surface area contributed by atoms with E-state index in [1.165, 1.54) is 50.5 Å². The minimum Gasteiger partial charge on any atom is -0.497 e. The third kappa shape index (κ3) is 4.17. The Balaban J connectivity index is 1.60. The van der Waals surface area contributed by atoms with Crippen LogP contribution in [-0.4, -0.2) is 12.1 Å². The summed E-state index contributed by atoms with van der Waals surface area (Å²) in [7, 11) is 1.69. The van der Waals surface area contributed by atoms with Crippen LogP contribution in [0.15, 0.2) is 42.6 Å². The summed E-state index contributed by atoms with van der Waals surface area (Å²) in [6.45, 7) is 2.29. The summed E-state index contributed by atoms with van der Waals surface area (Å²) in [5, 5.41) is 0. The Morgan fingerprint density at radius 3 is 2.33 bits per heavy atom. The van der Waals surface area contributed by atoms with Gasteiger partial charge in [0.15, 0.2) is 0 Å². The zero-order valence-electron chi connectivity index (χ0n) is 15.0. The average molecular weight is 323 g/mol. The Kier molecular flexibility index (Phi) is 5.90. The molecule has 0 atom stereocenters. The lowest BCUT2D eigenvalue weighted by atomic mass is 9.77. The minimum absolute atomic E-state index is 0.709. The van der Waals surface area contributed by atoms with E-state index in [0.29, 0.717) is 5.92 Å². The molecule has 0 unspecified atom stereocenters. The molecule has 0 N–H and O–H groups in total. The molecule has 1 aromatic carbocycles. The Bertz CT molecular complexity index is 609. The number of aromatic nitrogens is 1. The molecule has 0 radical (unpaired) electrons. The molecule has 3 rings (SSSR count). The number of pyridine rings is 1. The van der Waals surface area contributed by atoms with E-state index < -0.39 is 0 Å². The number of unbranched alkanes of at least 4 members (excludes halogenated alkanes) is 1. The van der Waals surface area contributed by atoms with Crippen molar-refractivity contribution in [1.82, 2.24) is 4.98 Å². The highest BCUT2D eigenvalue weighted by Crippen LogP contribution is 2.37. The number of ether oxygens (including phenoxy) is 1. The zero-order valence-corrected chi connectivity index (χ0v) is 15.0. The maximum atomic E-state index is 5.22. The van der Waals surface area contributed by atoms with Crippen LogP contribution in [-0.2, 0) is 0 Å². The van der Waals surface area contributed by atoms with Crippen molar-refractivity contribution >= 4 is 0 Å². The first-order valence-corrected chi connectivity index (χ1v) is 9.40. The molecule has 0 aliphatic heterocycles. The number of benzene rings is 1. The van der Waals surface area contributed by atoms with Crippen molar-refractivity contribution in [3.05, 3.63) is 48.2 Å². The van der Waals surface area contributed by atoms with E-state index in [1.807, 2.05) is 12.1 Å². The van der Waals surface area contributed by atoms with E-state index in [2.05, 4.69) is 37.4 Å². The summed E-state index contributed by atoms with van der Waals surface area (Å²) < 4.78 is 5.22. The Labute approximate surface area is 146 Å². The second kappa shape index (κ2) is 8.32. The predicted octanol–water partition coefficient (Wildman–Crippen LogP) is 6.22. The van der Waals surface area contributed by atoms with Gasteiger partial charge in [-0.25, -0.2) is 0 Å². The number of hydrogen-bond donors (Lipinski definition) is 0. The fourth-order valence-corrected chi connectivity index (χ4v) is 3.86. The number of hydrogen-bond acceptors (Lipinski definition) is 2. The molecule has 1 heterocycles. The molecular weight excluding hydrogens is 294 g/mol. The van der Waals surface area contributed by atoms with Crippen LogP contribution >= 0.6 is 0 Å². The van der Waals surface area contributed by atoms with Gasteiger partial charge in [0.05, 0.1) is 12.8 Å². The molecule has 1 fully saturated rings. The Hall–Kier alpha value is -1.83. The first-order valence-electron chi connectivity index (χ1n) is 9.40. The van der Waals surface area contributed by atoms with Gasteiger partial charge in [-0.1, -0.05) is 32.3 Å². The van der Waals surface area contributed by atoms with Gasteiger partial charge in [0.2, 0.25) is 0 Å². The molecule has 0 bridgehead atoms. The fourth-order valence-electron chi connectivity index (χ4n) is 3.86. The first kappa shape index (κ1) is 17.0. The van der Waals surface area contributed by atoms with Crippen LogP contribution in [0, 0.1) is 5.92 Å². The van der Waals surface area contributed by atoms with Gasteiger partial charge in [0, 0.05) is 11.8 Å². The van der Waals surface area contributed by atoms with Crippen molar-refractivity contribution in [2.45, 2.75) is 57.8 Å². The lowest BCUT2D eigenvalue weighted by molar-refractivity contribution is 0.304. The summed E-state index contributed by atoms with van der Waals surface area (Å²) in [6, 6.07) is 12.6. The standard InChI is InChI=1S/C22H29NO/c1-3-4-5-17-6-8-18(9-7-17)20-12-15-22(23-16-20)19-10-13-21(24-2)14-11-19/h10-18H,3-9H2,1-2H3. The highest BCUT2D eigenvalue weighted by Gasteiger charge is 2.22. The lowest BCUT2D eigenvalue weighted by Gasteiger charge is -2.28. The molecular formula is C22H29NO. The molecule has 24 heavy (non-hydrogen) atoms. The van der Waals surface area contributed by atoms with E-state index in [0.717, 1.165) is 22.9 Å². The quantitative estimate of drug-likeness (QED) is 0.629. The van der Waals surface area contributed by atoms with Crippen molar-refractivity contribution in [2.24, 2.45) is 5.92 Å². The molecule has 0 spiro atoms. The highest BCUT2D eigenvalue weighted by molar-refractivity contribution is 5.60. The third-order valence-corrected chi connectivity index (χ3v) is 5.46. The molecule has 1 aliphatic carbocycles. The van der Waals surface area contributed by atoms with Crippen LogP contribution in [0.3, 0.4) is 0 Å². The van der Waals surface area contributed by atoms with Gasteiger partial charge < -0.3 is 4.74 Å². The van der Waals surface area contributed by atoms with E-state index in [9.17, 15) is 0 Å². The summed E-state index contributed by atoms with van der Waals surface area (Å²) in [4.78, 5) is 4.71. The van der Waals surface area contributed by atoms with Gasteiger partial charge in [-0.2, -0.15) is 0 Å². The van der Waals surface area contributed by atoms with Crippen LogP contribution in [0.4, 0.5) is 0 Å². The van der Waals surface area contributed by atoms with Crippen molar-refractivity contribution in [1.29, 1.82) is 0 Å². The minimum atomic E-state index is 0.709. The van der Waals surface area contributed by atoms with Gasteiger partial charge in [0.1, 0.15) is 5.75 Å². The maximum Gasteiger partial charge on any atom is 0.118 e. The summed E-state index contributed by atoms with van der Waals surface area (Å²) in [5.41, 5.74) is 3.60. The first-order chi connectivity index (χ1) is 11.8. The zero-order chi connectivity index (χ0) is 16.8. The number of methoxy groups -OCH3 is 1. The number of nitrogens with zero attached hydrogens (tertiary/aromatic N) is 1. The van der Waals surface area contributed by atoms with Crippen molar-refractivity contribution in [2.75, 3.05) is 7.11 Å². The molecule has 1 aliphatic rings. The molecule has 128 valence electrons. The third-order valence-electron chi connectivity index (χ3n) is 5.46. The largest absolute Gasteiger partial charge is 0.497 e. The second-order valence-corrected chi connectivity index (χ2v) is 7.07. The van der Waals surface area contributed by atoms with Crippen LogP contribution in [0.2, 0.25) is 0 Å². The topological polar surface area (TPSA) is 22.1 Å². The van der Waals surface area contributed by atoms with Gasteiger partial charge in [-0.15, -0.1) is 0 Å². The molecule has 2 nitrogen and oxygen atoms in total. The average Bonchev–Trinajstić information content (AvgIpc) is 2.67. The van der Waals surface area contributed by atoms with Crippen molar-refractivity contribution < 1.29 is 4.74 Å². The summed E-state index contributed by atoms with van der Waals surface area (Å²) in [6.07, 6.45) is 11.7. The predicted molar refractivity (Wildman–Crippen MR) is 100 cm³/mol. The van der Waals surface area contributed by atoms with Crippen molar-refractivity contribution in [3.8, 4) is 17.0 Å². The van der Waals surface area contributed by atoms with E-state index >= 15 is 0 Å². The second-order valence-electron chi connectivity index (χ2n) is 7.07. The highest BCUT2D eigenvalue weighted by atomic mass is 16.5. The molecule has 1 aromatic heterocycles. The van der Waals surface area contributed by atoms with Crippen LogP contribution in [0.1, 0.15) is 63.4 Å². The van der Waals surface area contributed by atoms with Gasteiger partial charge in [-0.05, 0) is 73.4 Å². The van der Waals surface area contributed by atoms with Crippen LogP contribution < -0.4 is 4.74 Å². The molecule has 0 amide bonds. The van der Waals surface area contributed by atoms with Crippen molar-refractivity contribution in [3.63, 3.8) is 0 Å². The normalized spacial score (nSPS) is 20.8.